The molecule has 1 aliphatic heterocycles. The second-order valence-electron chi connectivity index (χ2n) is 5.46. The van der Waals surface area contributed by atoms with Crippen molar-refractivity contribution in [2.24, 2.45) is 11.8 Å². The fourth-order valence-electron chi connectivity index (χ4n) is 3.24. The molecule has 1 aromatic rings. The van der Waals surface area contributed by atoms with E-state index < -0.39 is 15.8 Å². The van der Waals surface area contributed by atoms with Crippen molar-refractivity contribution >= 4 is 15.7 Å². The molecule has 4 nitrogen and oxygen atoms in total. The zero-order valence-electron chi connectivity index (χ0n) is 10.5. The number of anilines is 1. The summed E-state index contributed by atoms with van der Waals surface area (Å²) >= 11 is 0. The first-order valence-electron chi connectivity index (χ1n) is 6.53. The van der Waals surface area contributed by atoms with Gasteiger partial charge in [-0.2, -0.15) is 4.31 Å². The van der Waals surface area contributed by atoms with Crippen molar-refractivity contribution in [1.82, 2.24) is 4.31 Å². The van der Waals surface area contributed by atoms with Gasteiger partial charge in [-0.1, -0.05) is 6.42 Å². The molecular weight excluding hydrogens is 267 g/mol. The van der Waals surface area contributed by atoms with Crippen LogP contribution in [-0.4, -0.2) is 25.8 Å². The Morgan fingerprint density at radius 3 is 2.47 bits per heavy atom. The van der Waals surface area contributed by atoms with Crippen LogP contribution in [0.2, 0.25) is 0 Å². The van der Waals surface area contributed by atoms with Crippen LogP contribution in [0.4, 0.5) is 10.1 Å². The quantitative estimate of drug-likeness (QED) is 0.843. The van der Waals surface area contributed by atoms with E-state index in [0.29, 0.717) is 24.9 Å². The van der Waals surface area contributed by atoms with E-state index in [1.54, 1.807) is 0 Å². The first-order valence-corrected chi connectivity index (χ1v) is 7.97. The molecular formula is C13H17FN2O2S. The number of hydrogen-bond acceptors (Lipinski definition) is 3. The minimum atomic E-state index is -3.76. The normalized spacial score (nSPS) is 27.6. The molecule has 0 aromatic heterocycles. The summed E-state index contributed by atoms with van der Waals surface area (Å²) in [6.45, 7) is 1.03. The molecule has 2 N–H and O–H groups in total. The van der Waals surface area contributed by atoms with Crippen molar-refractivity contribution in [2.45, 2.75) is 24.2 Å². The highest BCUT2D eigenvalue weighted by atomic mass is 32.2. The highest BCUT2D eigenvalue weighted by Gasteiger charge is 2.42. The number of rotatable bonds is 2. The smallest absolute Gasteiger partial charge is 0.246 e. The van der Waals surface area contributed by atoms with Crippen LogP contribution >= 0.6 is 0 Å². The van der Waals surface area contributed by atoms with E-state index in [1.807, 2.05) is 0 Å². The summed E-state index contributed by atoms with van der Waals surface area (Å²) in [6, 6.07) is 3.69. The molecule has 1 aliphatic carbocycles. The molecule has 2 fully saturated rings. The van der Waals surface area contributed by atoms with E-state index in [1.165, 1.54) is 22.9 Å². The van der Waals surface area contributed by atoms with Gasteiger partial charge in [-0.15, -0.1) is 0 Å². The van der Waals surface area contributed by atoms with Gasteiger partial charge in [0.25, 0.3) is 0 Å². The minimum Gasteiger partial charge on any atom is -0.399 e. The van der Waals surface area contributed by atoms with Gasteiger partial charge in [0.1, 0.15) is 10.7 Å². The Balaban J connectivity index is 1.93. The molecule has 0 spiro atoms. The molecule has 0 bridgehead atoms. The standard InChI is InChI=1S/C13H17FN2O2S/c14-12-5-4-11(15)6-13(12)19(17,18)16-7-9-2-1-3-10(9)8-16/h4-6,9-10H,1-3,7-8,15H2. The minimum absolute atomic E-state index is 0.263. The van der Waals surface area contributed by atoms with E-state index in [4.69, 9.17) is 5.73 Å². The summed E-state index contributed by atoms with van der Waals surface area (Å²) < 4.78 is 40.1. The second-order valence-corrected chi connectivity index (χ2v) is 7.37. The first-order chi connectivity index (χ1) is 8.98. The lowest BCUT2D eigenvalue weighted by molar-refractivity contribution is 0.440. The summed E-state index contributed by atoms with van der Waals surface area (Å²) in [4.78, 5) is -0.299. The Morgan fingerprint density at radius 1 is 1.21 bits per heavy atom. The van der Waals surface area contributed by atoms with Crippen LogP contribution in [0.15, 0.2) is 23.1 Å². The number of nitrogens with two attached hydrogens (primary N) is 1. The van der Waals surface area contributed by atoms with Gasteiger partial charge < -0.3 is 5.73 Å². The number of nitrogens with zero attached hydrogens (tertiary/aromatic N) is 1. The van der Waals surface area contributed by atoms with Gasteiger partial charge in [0, 0.05) is 18.8 Å². The number of hydrogen-bond donors (Lipinski definition) is 1. The Morgan fingerprint density at radius 2 is 1.84 bits per heavy atom. The van der Waals surface area contributed by atoms with Gasteiger partial charge in [0.05, 0.1) is 0 Å². The monoisotopic (exact) mass is 284 g/mol. The molecule has 2 unspecified atom stereocenters. The average molecular weight is 284 g/mol. The first kappa shape index (κ1) is 12.9. The lowest BCUT2D eigenvalue weighted by Gasteiger charge is -2.18. The molecule has 1 aromatic carbocycles. The van der Waals surface area contributed by atoms with Gasteiger partial charge >= 0.3 is 0 Å². The molecule has 0 radical (unpaired) electrons. The second kappa shape index (κ2) is 4.45. The molecule has 2 aliphatic rings. The average Bonchev–Trinajstić information content (AvgIpc) is 2.92. The zero-order chi connectivity index (χ0) is 13.6. The number of sulfonamides is 1. The lowest BCUT2D eigenvalue weighted by atomic mass is 10.0. The Labute approximate surface area is 112 Å². The third kappa shape index (κ3) is 2.12. The van der Waals surface area contributed by atoms with Crippen LogP contribution in [0.5, 0.6) is 0 Å². The fraction of sp³-hybridized carbons (Fsp3) is 0.538. The topological polar surface area (TPSA) is 63.4 Å². The molecule has 104 valence electrons. The summed E-state index contributed by atoms with van der Waals surface area (Å²) in [6.07, 6.45) is 3.34. The lowest BCUT2D eigenvalue weighted by Crippen LogP contribution is -2.30. The fourth-order valence-corrected chi connectivity index (χ4v) is 4.90. The van der Waals surface area contributed by atoms with Crippen LogP contribution < -0.4 is 5.73 Å². The van der Waals surface area contributed by atoms with E-state index in [2.05, 4.69) is 0 Å². The van der Waals surface area contributed by atoms with E-state index in [-0.39, 0.29) is 10.6 Å². The highest BCUT2D eigenvalue weighted by Crippen LogP contribution is 2.40. The maximum atomic E-state index is 13.7. The summed E-state index contributed by atoms with van der Waals surface area (Å²) in [5.74, 6) is 0.157. The third-order valence-corrected chi connectivity index (χ3v) is 6.11. The predicted octanol–water partition coefficient (Wildman–Crippen LogP) is 1.83. The van der Waals surface area contributed by atoms with Crippen molar-refractivity contribution in [2.75, 3.05) is 18.8 Å². The molecule has 2 atom stereocenters. The SMILES string of the molecule is Nc1ccc(F)c(S(=O)(=O)N2CC3CCCC3C2)c1. The van der Waals surface area contributed by atoms with E-state index >= 15 is 0 Å². The molecule has 1 saturated carbocycles. The van der Waals surface area contributed by atoms with Gasteiger partial charge in [-0.25, -0.2) is 12.8 Å². The van der Waals surface area contributed by atoms with Gasteiger partial charge in [-0.3, -0.25) is 0 Å². The summed E-state index contributed by atoms with van der Waals surface area (Å²) in [7, 11) is -3.76. The Bertz CT molecular complexity index is 591. The van der Waals surface area contributed by atoms with Crippen molar-refractivity contribution in [3.05, 3.63) is 24.0 Å². The molecule has 1 saturated heterocycles. The summed E-state index contributed by atoms with van der Waals surface area (Å²) in [5, 5.41) is 0. The van der Waals surface area contributed by atoms with E-state index in [9.17, 15) is 12.8 Å². The predicted molar refractivity (Wildman–Crippen MR) is 70.4 cm³/mol. The number of fused-ring (bicyclic) bond motifs is 1. The highest BCUT2D eigenvalue weighted by molar-refractivity contribution is 7.89. The molecule has 19 heavy (non-hydrogen) atoms. The zero-order valence-corrected chi connectivity index (χ0v) is 11.4. The van der Waals surface area contributed by atoms with Crippen LogP contribution in [0, 0.1) is 17.7 Å². The molecule has 1 heterocycles. The van der Waals surface area contributed by atoms with E-state index in [0.717, 1.165) is 18.9 Å². The van der Waals surface area contributed by atoms with Crippen LogP contribution in [0.25, 0.3) is 0 Å². The van der Waals surface area contributed by atoms with Gasteiger partial charge in [0.15, 0.2) is 0 Å². The van der Waals surface area contributed by atoms with Crippen molar-refractivity contribution < 1.29 is 12.8 Å². The Kier molecular flexibility index (Phi) is 3.02. The van der Waals surface area contributed by atoms with Gasteiger partial charge in [0.2, 0.25) is 10.0 Å². The molecule has 6 heteroatoms. The number of benzene rings is 1. The molecule has 3 rings (SSSR count). The van der Waals surface area contributed by atoms with Crippen molar-refractivity contribution in [3.63, 3.8) is 0 Å². The number of halogens is 1. The maximum absolute atomic E-state index is 13.7. The van der Waals surface area contributed by atoms with Crippen LogP contribution in [0.1, 0.15) is 19.3 Å². The van der Waals surface area contributed by atoms with Crippen molar-refractivity contribution in [1.29, 1.82) is 0 Å². The Hall–Kier alpha value is -1.14. The van der Waals surface area contributed by atoms with Crippen LogP contribution in [0.3, 0.4) is 0 Å². The number of nitrogen functional groups attached to an aromatic ring is 1. The van der Waals surface area contributed by atoms with Crippen molar-refractivity contribution in [3.8, 4) is 0 Å². The van der Waals surface area contributed by atoms with Crippen LogP contribution in [-0.2, 0) is 10.0 Å². The molecule has 0 amide bonds. The maximum Gasteiger partial charge on any atom is 0.246 e. The van der Waals surface area contributed by atoms with Gasteiger partial charge in [-0.05, 0) is 42.9 Å². The largest absolute Gasteiger partial charge is 0.399 e. The summed E-state index contributed by atoms with van der Waals surface area (Å²) in [5.41, 5.74) is 5.83. The third-order valence-electron chi connectivity index (χ3n) is 4.27.